The standard InChI is InChI=1S/C16H21NO4/c1-10-13(16(20)21-2)7-4-8-14(10)17-12-6-3-5-11(9-12)15(18)19/h4,7-8,11-12,17H,3,5-6,9H2,1-2H3,(H,18,19). The van der Waals surface area contributed by atoms with Crippen LogP contribution in [-0.4, -0.2) is 30.2 Å². The summed E-state index contributed by atoms with van der Waals surface area (Å²) in [6.07, 6.45) is 3.22. The number of rotatable bonds is 4. The molecule has 0 aliphatic heterocycles. The fourth-order valence-electron chi connectivity index (χ4n) is 2.89. The Hall–Kier alpha value is -2.04. The lowest BCUT2D eigenvalue weighted by atomic mass is 9.85. The molecule has 1 aromatic rings. The van der Waals surface area contributed by atoms with Gasteiger partial charge in [-0.15, -0.1) is 0 Å². The van der Waals surface area contributed by atoms with Crippen LogP contribution in [0, 0.1) is 12.8 Å². The predicted molar refractivity (Wildman–Crippen MR) is 79.5 cm³/mol. The Bertz CT molecular complexity index is 541. The SMILES string of the molecule is COC(=O)c1cccc(NC2CCCC(C(=O)O)C2)c1C. The first kappa shape index (κ1) is 15.4. The molecule has 1 aliphatic rings. The summed E-state index contributed by atoms with van der Waals surface area (Å²) >= 11 is 0. The first-order valence-corrected chi connectivity index (χ1v) is 7.20. The van der Waals surface area contributed by atoms with Gasteiger partial charge < -0.3 is 15.2 Å². The van der Waals surface area contributed by atoms with E-state index in [1.165, 1.54) is 7.11 Å². The first-order valence-electron chi connectivity index (χ1n) is 7.20. The minimum atomic E-state index is -0.721. The number of ether oxygens (including phenoxy) is 1. The molecule has 0 amide bonds. The molecular formula is C16H21NO4. The Labute approximate surface area is 124 Å². The molecule has 5 nitrogen and oxygen atoms in total. The first-order chi connectivity index (χ1) is 10.0. The Kier molecular flexibility index (Phi) is 4.83. The Morgan fingerprint density at radius 3 is 2.76 bits per heavy atom. The van der Waals surface area contributed by atoms with Gasteiger partial charge in [-0.25, -0.2) is 4.79 Å². The maximum absolute atomic E-state index is 11.7. The van der Waals surface area contributed by atoms with Crippen molar-refractivity contribution < 1.29 is 19.4 Å². The van der Waals surface area contributed by atoms with E-state index in [2.05, 4.69) is 5.32 Å². The van der Waals surface area contributed by atoms with E-state index in [-0.39, 0.29) is 17.9 Å². The Balaban J connectivity index is 2.12. The lowest BCUT2D eigenvalue weighted by Gasteiger charge is -2.29. The van der Waals surface area contributed by atoms with Crippen molar-refractivity contribution in [3.63, 3.8) is 0 Å². The van der Waals surface area contributed by atoms with Gasteiger partial charge in [0.1, 0.15) is 0 Å². The van der Waals surface area contributed by atoms with Gasteiger partial charge in [0.15, 0.2) is 0 Å². The lowest BCUT2D eigenvalue weighted by Crippen LogP contribution is -2.31. The summed E-state index contributed by atoms with van der Waals surface area (Å²) < 4.78 is 4.77. The fraction of sp³-hybridized carbons (Fsp3) is 0.500. The number of nitrogens with one attached hydrogen (secondary N) is 1. The van der Waals surface area contributed by atoms with Crippen LogP contribution in [0.15, 0.2) is 18.2 Å². The van der Waals surface area contributed by atoms with E-state index in [1.54, 1.807) is 12.1 Å². The molecule has 5 heteroatoms. The number of carbonyl (C=O) groups is 2. The average Bonchev–Trinajstić information content (AvgIpc) is 2.49. The summed E-state index contributed by atoms with van der Waals surface area (Å²) in [4.78, 5) is 22.8. The van der Waals surface area contributed by atoms with Gasteiger partial charge in [-0.05, 0) is 43.9 Å². The highest BCUT2D eigenvalue weighted by molar-refractivity contribution is 5.92. The topological polar surface area (TPSA) is 75.6 Å². The molecule has 2 rings (SSSR count). The van der Waals surface area contributed by atoms with Gasteiger partial charge in [0.2, 0.25) is 0 Å². The predicted octanol–water partition coefficient (Wildman–Crippen LogP) is 2.84. The summed E-state index contributed by atoms with van der Waals surface area (Å²) in [5.74, 6) is -1.36. The number of hydrogen-bond donors (Lipinski definition) is 2. The molecular weight excluding hydrogens is 270 g/mol. The minimum absolute atomic E-state index is 0.131. The molecule has 0 saturated heterocycles. The van der Waals surface area contributed by atoms with Gasteiger partial charge in [-0.3, -0.25) is 4.79 Å². The zero-order chi connectivity index (χ0) is 15.4. The molecule has 21 heavy (non-hydrogen) atoms. The maximum atomic E-state index is 11.7. The number of carbonyl (C=O) groups excluding carboxylic acids is 1. The molecule has 1 aliphatic carbocycles. The molecule has 1 fully saturated rings. The monoisotopic (exact) mass is 291 g/mol. The van der Waals surface area contributed by atoms with Gasteiger partial charge in [0, 0.05) is 11.7 Å². The van der Waals surface area contributed by atoms with Gasteiger partial charge in [0.25, 0.3) is 0 Å². The van der Waals surface area contributed by atoms with Crippen molar-refractivity contribution in [3.8, 4) is 0 Å². The van der Waals surface area contributed by atoms with Crippen LogP contribution >= 0.6 is 0 Å². The third kappa shape index (κ3) is 3.54. The summed E-state index contributed by atoms with van der Waals surface area (Å²) in [5, 5.41) is 12.5. The summed E-state index contributed by atoms with van der Waals surface area (Å²) in [6.45, 7) is 1.87. The van der Waals surface area contributed by atoms with E-state index in [9.17, 15) is 9.59 Å². The van der Waals surface area contributed by atoms with Crippen molar-refractivity contribution in [2.45, 2.75) is 38.6 Å². The molecule has 2 N–H and O–H groups in total. The quantitative estimate of drug-likeness (QED) is 0.834. The highest BCUT2D eigenvalue weighted by atomic mass is 16.5. The van der Waals surface area contributed by atoms with Crippen molar-refractivity contribution in [1.82, 2.24) is 0 Å². The Morgan fingerprint density at radius 2 is 2.10 bits per heavy atom. The number of esters is 1. The van der Waals surface area contributed by atoms with Crippen LogP contribution in [0.4, 0.5) is 5.69 Å². The molecule has 2 atom stereocenters. The van der Waals surface area contributed by atoms with E-state index in [0.717, 1.165) is 30.5 Å². The van der Waals surface area contributed by atoms with E-state index in [1.807, 2.05) is 13.0 Å². The van der Waals surface area contributed by atoms with E-state index >= 15 is 0 Å². The number of hydrogen-bond acceptors (Lipinski definition) is 4. The smallest absolute Gasteiger partial charge is 0.338 e. The van der Waals surface area contributed by atoms with Crippen LogP contribution in [0.2, 0.25) is 0 Å². The lowest BCUT2D eigenvalue weighted by molar-refractivity contribution is -0.142. The number of carboxylic acid groups (broad SMARTS) is 1. The van der Waals surface area contributed by atoms with Gasteiger partial charge in [-0.2, -0.15) is 0 Å². The molecule has 0 aromatic heterocycles. The average molecular weight is 291 g/mol. The van der Waals surface area contributed by atoms with Crippen molar-refractivity contribution in [1.29, 1.82) is 0 Å². The highest BCUT2D eigenvalue weighted by Crippen LogP contribution is 2.28. The molecule has 0 radical (unpaired) electrons. The van der Waals surface area contributed by atoms with Crippen LogP contribution in [0.1, 0.15) is 41.6 Å². The van der Waals surface area contributed by atoms with E-state index < -0.39 is 5.97 Å². The summed E-state index contributed by atoms with van der Waals surface area (Å²) in [5.41, 5.74) is 2.24. The summed E-state index contributed by atoms with van der Waals surface area (Å²) in [7, 11) is 1.36. The largest absolute Gasteiger partial charge is 0.481 e. The van der Waals surface area contributed by atoms with Crippen LogP contribution in [0.5, 0.6) is 0 Å². The molecule has 0 bridgehead atoms. The summed E-state index contributed by atoms with van der Waals surface area (Å²) in [6, 6.07) is 5.57. The molecule has 2 unspecified atom stereocenters. The molecule has 114 valence electrons. The number of benzene rings is 1. The van der Waals surface area contributed by atoms with E-state index in [0.29, 0.717) is 12.0 Å². The zero-order valence-corrected chi connectivity index (χ0v) is 12.4. The Morgan fingerprint density at radius 1 is 1.33 bits per heavy atom. The number of methoxy groups -OCH3 is 1. The second-order valence-electron chi connectivity index (χ2n) is 5.51. The molecule has 0 heterocycles. The van der Waals surface area contributed by atoms with Crippen LogP contribution < -0.4 is 5.32 Å². The van der Waals surface area contributed by atoms with E-state index in [4.69, 9.17) is 9.84 Å². The third-order valence-electron chi connectivity index (χ3n) is 4.12. The van der Waals surface area contributed by atoms with Crippen molar-refractivity contribution in [2.75, 3.05) is 12.4 Å². The van der Waals surface area contributed by atoms with Crippen LogP contribution in [0.25, 0.3) is 0 Å². The van der Waals surface area contributed by atoms with Gasteiger partial charge >= 0.3 is 11.9 Å². The molecule has 1 saturated carbocycles. The van der Waals surface area contributed by atoms with Gasteiger partial charge in [0.05, 0.1) is 18.6 Å². The zero-order valence-electron chi connectivity index (χ0n) is 12.4. The van der Waals surface area contributed by atoms with Crippen molar-refractivity contribution in [3.05, 3.63) is 29.3 Å². The maximum Gasteiger partial charge on any atom is 0.338 e. The number of anilines is 1. The molecule has 0 spiro atoms. The molecule has 1 aromatic carbocycles. The van der Waals surface area contributed by atoms with Crippen molar-refractivity contribution in [2.24, 2.45) is 5.92 Å². The number of aliphatic carboxylic acids is 1. The second-order valence-corrected chi connectivity index (χ2v) is 5.51. The van der Waals surface area contributed by atoms with Crippen LogP contribution in [0.3, 0.4) is 0 Å². The normalized spacial score (nSPS) is 21.6. The number of carboxylic acids is 1. The second kappa shape index (κ2) is 6.61. The minimum Gasteiger partial charge on any atom is -0.481 e. The fourth-order valence-corrected chi connectivity index (χ4v) is 2.89. The van der Waals surface area contributed by atoms with Crippen molar-refractivity contribution >= 4 is 17.6 Å². The highest BCUT2D eigenvalue weighted by Gasteiger charge is 2.27. The van der Waals surface area contributed by atoms with Crippen LogP contribution in [-0.2, 0) is 9.53 Å². The third-order valence-corrected chi connectivity index (χ3v) is 4.12. The van der Waals surface area contributed by atoms with Gasteiger partial charge in [-0.1, -0.05) is 12.5 Å².